The summed E-state index contributed by atoms with van der Waals surface area (Å²) in [5, 5.41) is 15.4. The van der Waals surface area contributed by atoms with Gasteiger partial charge in [-0.25, -0.2) is 9.78 Å². The molecule has 7 rings (SSSR count). The van der Waals surface area contributed by atoms with Crippen LogP contribution in [0.4, 0.5) is 27.7 Å². The molecule has 4 aromatic rings. The molecule has 0 bridgehead atoms. The topological polar surface area (TPSA) is 176 Å². The molecule has 338 valence electrons. The van der Waals surface area contributed by atoms with Gasteiger partial charge in [0, 0.05) is 64.7 Å². The fraction of sp³-hybridized carbons (Fsp3) is 0.429. The van der Waals surface area contributed by atoms with Crippen molar-refractivity contribution < 1.29 is 28.7 Å². The van der Waals surface area contributed by atoms with E-state index in [0.717, 1.165) is 28.6 Å². The second kappa shape index (κ2) is 20.8. The molecule has 1 saturated heterocycles. The summed E-state index contributed by atoms with van der Waals surface area (Å²) in [6.45, 7) is 12.3. The number of anilines is 4. The van der Waals surface area contributed by atoms with Gasteiger partial charge in [-0.2, -0.15) is 0 Å². The minimum Gasteiger partial charge on any atom is -0.489 e. The summed E-state index contributed by atoms with van der Waals surface area (Å²) in [6, 6.07) is 16.9. The molecule has 15 heteroatoms. The Bertz CT molecular complexity index is 2350. The van der Waals surface area contributed by atoms with Crippen molar-refractivity contribution in [3.63, 3.8) is 0 Å². The minimum atomic E-state index is -0.498. The van der Waals surface area contributed by atoms with Crippen LogP contribution in [0.1, 0.15) is 91.0 Å². The molecular weight excluding hydrogens is 876 g/mol. The van der Waals surface area contributed by atoms with Gasteiger partial charge in [-0.1, -0.05) is 66.0 Å². The zero-order valence-corrected chi connectivity index (χ0v) is 38.8. The summed E-state index contributed by atoms with van der Waals surface area (Å²) in [5.74, 6) is 1.37. The lowest BCUT2D eigenvalue weighted by molar-refractivity contribution is -0.140. The third-order valence-corrected chi connectivity index (χ3v) is 13.1. The van der Waals surface area contributed by atoms with Crippen molar-refractivity contribution >= 4 is 62.6 Å². The Morgan fingerprint density at radius 3 is 2.52 bits per heavy atom. The highest BCUT2D eigenvalue weighted by Crippen LogP contribution is 2.49. The number of hydrogen-bond acceptors (Lipinski definition) is 9. The predicted molar refractivity (Wildman–Crippen MR) is 253 cm³/mol. The van der Waals surface area contributed by atoms with E-state index in [-0.39, 0.29) is 41.9 Å². The predicted octanol–water partition coefficient (Wildman–Crippen LogP) is 8.91. The van der Waals surface area contributed by atoms with E-state index in [0.29, 0.717) is 92.3 Å². The number of hydrogen-bond donors (Lipinski definition) is 5. The summed E-state index contributed by atoms with van der Waals surface area (Å²) >= 11 is 3.53. The van der Waals surface area contributed by atoms with Crippen molar-refractivity contribution in [1.29, 1.82) is 0 Å². The van der Waals surface area contributed by atoms with E-state index in [2.05, 4.69) is 104 Å². The van der Waals surface area contributed by atoms with Gasteiger partial charge in [-0.15, -0.1) is 0 Å². The number of aromatic nitrogens is 2. The molecule has 1 fully saturated rings. The Hall–Kier alpha value is -5.80. The number of nitrogens with zero attached hydrogens (tertiary/aromatic N) is 3. The smallest absolute Gasteiger partial charge is 0.325 e. The second-order valence-corrected chi connectivity index (χ2v) is 18.6. The van der Waals surface area contributed by atoms with Gasteiger partial charge in [0.25, 0.3) is 5.91 Å². The first-order valence-corrected chi connectivity index (χ1v) is 22.9. The molecule has 3 aliphatic rings. The lowest BCUT2D eigenvalue weighted by Crippen LogP contribution is -2.51. The van der Waals surface area contributed by atoms with Crippen molar-refractivity contribution in [3.05, 3.63) is 112 Å². The van der Waals surface area contributed by atoms with Gasteiger partial charge < -0.3 is 35.6 Å². The molecule has 5 N–H and O–H groups in total. The van der Waals surface area contributed by atoms with E-state index in [9.17, 15) is 19.2 Å². The summed E-state index contributed by atoms with van der Waals surface area (Å²) in [6.07, 6.45) is 11.1. The van der Waals surface area contributed by atoms with Crippen LogP contribution in [-0.2, 0) is 14.3 Å². The van der Waals surface area contributed by atoms with Gasteiger partial charge in [0.05, 0.1) is 36.9 Å². The summed E-state index contributed by atoms with van der Waals surface area (Å²) < 4.78 is 12.9. The van der Waals surface area contributed by atoms with Crippen molar-refractivity contribution in [2.24, 2.45) is 11.3 Å². The molecule has 3 heterocycles. The molecular formula is C49H59BrN8O6. The number of unbranched alkanes of at least 4 members (excludes halogenated alkanes) is 2. The lowest BCUT2D eigenvalue weighted by atomic mass is 9.69. The summed E-state index contributed by atoms with van der Waals surface area (Å²) in [7, 11) is 0. The van der Waals surface area contributed by atoms with E-state index in [1.165, 1.54) is 23.0 Å². The molecule has 3 aromatic carbocycles. The van der Waals surface area contributed by atoms with Crippen LogP contribution in [0, 0.1) is 32.1 Å². The quantitative estimate of drug-likeness (QED) is 0.0543. The minimum absolute atomic E-state index is 0.0365. The Morgan fingerprint density at radius 2 is 1.73 bits per heavy atom. The fourth-order valence-electron chi connectivity index (χ4n) is 8.66. The molecule has 4 atom stereocenters. The molecule has 3 unspecified atom stereocenters. The Balaban J connectivity index is 0.792. The Labute approximate surface area is 383 Å². The highest BCUT2D eigenvalue weighted by atomic mass is 79.9. The molecule has 5 amide bonds. The van der Waals surface area contributed by atoms with Crippen LogP contribution in [0.25, 0.3) is 0 Å². The van der Waals surface area contributed by atoms with Crippen LogP contribution < -0.4 is 31.3 Å². The first-order chi connectivity index (χ1) is 30.7. The zero-order chi connectivity index (χ0) is 45.4. The number of allylic oxidation sites excluding steroid dienone is 2. The number of carbonyl (C=O) groups excluding carboxylic acids is 4. The second-order valence-electron chi connectivity index (χ2n) is 17.8. The standard InChI is InChI=1S/C49H59BrN8O6/c1-30-14-19-40-38(22-30)36-10-9-11-37(36)46(55-40)49(4,5)29-53-47(61)33-15-17-34(18-16-33)54-44(59)12-7-6-8-13-45(60)58-20-21-63-35(27-58)28-64-42-23-31(2)39(50)24-41(42)56-48(62)57-43-26-51-32(3)25-52-43/h9-10,14-19,22-26,35-37,46,55H,6-8,11-13,20-21,27-29H2,1-5H3,(H,53,61)(H,54,59)(H2,52,56,57,62)/t35-,36?,37?,46?/m0/s1. The molecule has 0 radical (unpaired) electrons. The molecule has 64 heavy (non-hydrogen) atoms. The molecule has 2 aliphatic heterocycles. The van der Waals surface area contributed by atoms with Gasteiger partial charge in [-0.3, -0.25) is 24.7 Å². The normalized spacial score (nSPS) is 18.9. The zero-order valence-electron chi connectivity index (χ0n) is 37.3. The number of benzene rings is 3. The maximum absolute atomic E-state index is 13.2. The largest absolute Gasteiger partial charge is 0.489 e. The van der Waals surface area contributed by atoms with Gasteiger partial charge >= 0.3 is 6.03 Å². The van der Waals surface area contributed by atoms with Crippen LogP contribution in [0.2, 0.25) is 0 Å². The van der Waals surface area contributed by atoms with Crippen LogP contribution in [0.3, 0.4) is 0 Å². The number of nitrogens with one attached hydrogen (secondary N) is 5. The number of halogens is 1. The van der Waals surface area contributed by atoms with Gasteiger partial charge in [-0.05, 0) is 99.5 Å². The van der Waals surface area contributed by atoms with Gasteiger partial charge in [0.15, 0.2) is 5.82 Å². The van der Waals surface area contributed by atoms with Crippen molar-refractivity contribution in [2.75, 3.05) is 54.1 Å². The number of carbonyl (C=O) groups is 4. The van der Waals surface area contributed by atoms with Crippen LogP contribution >= 0.6 is 15.9 Å². The molecule has 0 saturated carbocycles. The number of amides is 5. The summed E-state index contributed by atoms with van der Waals surface area (Å²) in [4.78, 5) is 62.0. The van der Waals surface area contributed by atoms with Gasteiger partial charge in [0.2, 0.25) is 11.8 Å². The maximum Gasteiger partial charge on any atom is 0.325 e. The van der Waals surface area contributed by atoms with E-state index >= 15 is 0 Å². The number of fused-ring (bicyclic) bond motifs is 3. The summed E-state index contributed by atoms with van der Waals surface area (Å²) in [5.41, 5.74) is 6.87. The Kier molecular flexibility index (Phi) is 15.0. The number of urea groups is 1. The molecule has 1 aromatic heterocycles. The van der Waals surface area contributed by atoms with Crippen molar-refractivity contribution in [1.82, 2.24) is 20.2 Å². The number of rotatable bonds is 16. The number of aryl methyl sites for hydroxylation is 3. The van der Waals surface area contributed by atoms with E-state index in [1.807, 2.05) is 19.9 Å². The van der Waals surface area contributed by atoms with Crippen LogP contribution in [0.15, 0.2) is 83.6 Å². The molecule has 14 nitrogen and oxygen atoms in total. The van der Waals surface area contributed by atoms with E-state index in [4.69, 9.17) is 9.47 Å². The highest BCUT2D eigenvalue weighted by molar-refractivity contribution is 9.10. The van der Waals surface area contributed by atoms with Crippen LogP contribution in [-0.4, -0.2) is 83.6 Å². The molecule has 0 spiro atoms. The highest BCUT2D eigenvalue weighted by Gasteiger charge is 2.44. The average molecular weight is 936 g/mol. The first kappa shape index (κ1) is 46.2. The Morgan fingerprint density at radius 1 is 0.938 bits per heavy atom. The SMILES string of the molecule is Cc1ccc2c(c1)C1C=CCC1C(C(C)(C)CNC(=O)c1ccc(NC(=O)CCCCCC(=O)N3CCO[C@H](COc4cc(C)c(Br)cc4NC(=O)Nc4cnc(C)cn4)C3)cc1)N2. The van der Waals surface area contributed by atoms with Crippen LogP contribution in [0.5, 0.6) is 5.75 Å². The first-order valence-electron chi connectivity index (χ1n) is 22.1. The third-order valence-electron chi connectivity index (χ3n) is 12.2. The van der Waals surface area contributed by atoms with Gasteiger partial charge in [0.1, 0.15) is 18.5 Å². The third kappa shape index (κ3) is 11.9. The monoisotopic (exact) mass is 934 g/mol. The number of ether oxygens (including phenoxy) is 2. The fourth-order valence-corrected chi connectivity index (χ4v) is 9.01. The van der Waals surface area contributed by atoms with Crippen molar-refractivity contribution in [3.8, 4) is 5.75 Å². The molecule has 1 aliphatic carbocycles. The lowest BCUT2D eigenvalue weighted by Gasteiger charge is -2.45. The number of morpholine rings is 1. The maximum atomic E-state index is 13.2. The average Bonchev–Trinajstić information content (AvgIpc) is 3.77. The van der Waals surface area contributed by atoms with E-state index < -0.39 is 6.03 Å². The van der Waals surface area contributed by atoms with E-state index in [1.54, 1.807) is 41.4 Å². The van der Waals surface area contributed by atoms with Crippen molar-refractivity contribution in [2.45, 2.75) is 91.2 Å².